The van der Waals surface area contributed by atoms with Crippen LogP contribution in [0.4, 0.5) is 0 Å². The minimum absolute atomic E-state index is 0.00718. The zero-order valence-corrected chi connectivity index (χ0v) is 13.3. The Morgan fingerprint density at radius 2 is 1.85 bits per heavy atom. The van der Waals surface area contributed by atoms with Crippen molar-refractivity contribution in [1.29, 1.82) is 0 Å². The number of likely N-dealkylation sites (tertiary alicyclic amines) is 1. The summed E-state index contributed by atoms with van der Waals surface area (Å²) < 4.78 is 0. The van der Waals surface area contributed by atoms with Crippen LogP contribution >= 0.6 is 0 Å². The van der Waals surface area contributed by atoms with Gasteiger partial charge in [-0.2, -0.15) is 0 Å². The average Bonchev–Trinajstić information content (AvgIpc) is 2.49. The van der Waals surface area contributed by atoms with E-state index in [2.05, 4.69) is 36.1 Å². The van der Waals surface area contributed by atoms with Gasteiger partial charge >= 0.3 is 0 Å². The van der Waals surface area contributed by atoms with E-state index in [1.54, 1.807) is 0 Å². The second-order valence-electron chi connectivity index (χ2n) is 6.44. The summed E-state index contributed by atoms with van der Waals surface area (Å²) in [6.45, 7) is 9.05. The van der Waals surface area contributed by atoms with Crippen molar-refractivity contribution >= 4 is 5.91 Å². The molecule has 1 amide bonds. The number of nitrogens with zero attached hydrogens (tertiary/aromatic N) is 3. The summed E-state index contributed by atoms with van der Waals surface area (Å²) in [6.07, 6.45) is 2.52. The minimum Gasteiger partial charge on any atom is -0.339 e. The summed E-state index contributed by atoms with van der Waals surface area (Å²) in [5, 5.41) is 3.30. The highest BCUT2D eigenvalue weighted by Crippen LogP contribution is 2.18. The second kappa shape index (κ2) is 7.38. The standard InChI is InChI=1S/C15H30N4O/c1-13(15(20)19-10-6-16-7-11-19)18(3)12-14-4-8-17(2)9-5-14/h13-14,16H,4-12H2,1-3H3. The Morgan fingerprint density at radius 1 is 1.25 bits per heavy atom. The first-order valence-corrected chi connectivity index (χ1v) is 7.96. The van der Waals surface area contributed by atoms with Gasteiger partial charge in [-0.1, -0.05) is 0 Å². The third-order valence-electron chi connectivity index (χ3n) is 4.83. The van der Waals surface area contributed by atoms with Gasteiger partial charge in [0.15, 0.2) is 0 Å². The van der Waals surface area contributed by atoms with Crippen LogP contribution in [0, 0.1) is 5.92 Å². The molecule has 0 spiro atoms. The zero-order chi connectivity index (χ0) is 14.5. The fourth-order valence-electron chi connectivity index (χ4n) is 3.15. The molecule has 20 heavy (non-hydrogen) atoms. The van der Waals surface area contributed by atoms with Crippen molar-refractivity contribution in [2.75, 3.05) is 59.9 Å². The molecule has 1 unspecified atom stereocenters. The van der Waals surface area contributed by atoms with Crippen LogP contribution in [0.25, 0.3) is 0 Å². The van der Waals surface area contributed by atoms with Crippen LogP contribution in [0.15, 0.2) is 0 Å². The topological polar surface area (TPSA) is 38.8 Å². The van der Waals surface area contributed by atoms with Crippen LogP contribution in [0.1, 0.15) is 19.8 Å². The highest BCUT2D eigenvalue weighted by Gasteiger charge is 2.27. The fourth-order valence-corrected chi connectivity index (χ4v) is 3.15. The molecule has 2 rings (SSSR count). The molecule has 2 fully saturated rings. The fraction of sp³-hybridized carbons (Fsp3) is 0.933. The van der Waals surface area contributed by atoms with Crippen molar-refractivity contribution in [3.8, 4) is 0 Å². The van der Waals surface area contributed by atoms with Crippen LogP contribution < -0.4 is 5.32 Å². The van der Waals surface area contributed by atoms with E-state index in [-0.39, 0.29) is 6.04 Å². The van der Waals surface area contributed by atoms with E-state index in [1.165, 1.54) is 25.9 Å². The number of carbonyl (C=O) groups excluding carboxylic acids is 1. The van der Waals surface area contributed by atoms with E-state index in [0.717, 1.165) is 38.6 Å². The Balaban J connectivity index is 1.78. The van der Waals surface area contributed by atoms with Gasteiger partial charge in [-0.3, -0.25) is 9.69 Å². The number of amides is 1. The number of carbonyl (C=O) groups is 1. The Kier molecular flexibility index (Phi) is 5.81. The first kappa shape index (κ1) is 15.7. The largest absolute Gasteiger partial charge is 0.339 e. The van der Waals surface area contributed by atoms with Crippen molar-refractivity contribution in [1.82, 2.24) is 20.0 Å². The number of rotatable bonds is 4. The molecule has 1 N–H and O–H groups in total. The van der Waals surface area contributed by atoms with Gasteiger partial charge in [-0.25, -0.2) is 0 Å². The third-order valence-corrected chi connectivity index (χ3v) is 4.83. The SMILES string of the molecule is CC(C(=O)N1CCNCC1)N(C)CC1CCN(C)CC1. The van der Waals surface area contributed by atoms with Gasteiger partial charge in [0.1, 0.15) is 0 Å². The van der Waals surface area contributed by atoms with Gasteiger partial charge in [0.2, 0.25) is 5.91 Å². The van der Waals surface area contributed by atoms with E-state index in [0.29, 0.717) is 5.91 Å². The molecule has 0 aromatic rings. The first-order chi connectivity index (χ1) is 9.58. The summed E-state index contributed by atoms with van der Waals surface area (Å²) in [7, 11) is 4.29. The van der Waals surface area contributed by atoms with E-state index in [1.807, 2.05) is 4.90 Å². The molecule has 5 nitrogen and oxygen atoms in total. The van der Waals surface area contributed by atoms with E-state index in [4.69, 9.17) is 0 Å². The van der Waals surface area contributed by atoms with Crippen molar-refractivity contribution < 1.29 is 4.79 Å². The molecule has 0 saturated carbocycles. The Labute approximate surface area is 123 Å². The van der Waals surface area contributed by atoms with Gasteiger partial charge in [0.25, 0.3) is 0 Å². The highest BCUT2D eigenvalue weighted by atomic mass is 16.2. The minimum atomic E-state index is 0.00718. The summed E-state index contributed by atoms with van der Waals surface area (Å²) in [5.41, 5.74) is 0. The van der Waals surface area contributed by atoms with Crippen LogP contribution in [-0.2, 0) is 4.79 Å². The maximum atomic E-state index is 12.5. The van der Waals surface area contributed by atoms with E-state index >= 15 is 0 Å². The molecule has 0 aromatic heterocycles. The third kappa shape index (κ3) is 4.17. The number of nitrogens with one attached hydrogen (secondary N) is 1. The summed E-state index contributed by atoms with van der Waals surface area (Å²) in [6, 6.07) is 0.00718. The molecule has 2 saturated heterocycles. The Bertz CT molecular complexity index is 309. The number of hydrogen-bond acceptors (Lipinski definition) is 4. The smallest absolute Gasteiger partial charge is 0.239 e. The lowest BCUT2D eigenvalue weighted by Gasteiger charge is -2.36. The normalized spacial score (nSPS) is 24.1. The van der Waals surface area contributed by atoms with Crippen LogP contribution in [0.2, 0.25) is 0 Å². The lowest BCUT2D eigenvalue weighted by molar-refractivity contribution is -0.136. The molecule has 0 aliphatic carbocycles. The van der Waals surface area contributed by atoms with Crippen molar-refractivity contribution in [3.63, 3.8) is 0 Å². The number of piperidine rings is 1. The van der Waals surface area contributed by atoms with Gasteiger partial charge < -0.3 is 15.1 Å². The molecular weight excluding hydrogens is 252 g/mol. The predicted molar refractivity (Wildman–Crippen MR) is 81.8 cm³/mol. The lowest BCUT2D eigenvalue weighted by Crippen LogP contribution is -2.53. The van der Waals surface area contributed by atoms with Gasteiger partial charge in [0.05, 0.1) is 6.04 Å². The molecule has 0 aromatic carbocycles. The van der Waals surface area contributed by atoms with E-state index in [9.17, 15) is 4.79 Å². The number of likely N-dealkylation sites (N-methyl/N-ethyl adjacent to an activating group) is 1. The molecule has 0 bridgehead atoms. The molecule has 2 heterocycles. The Morgan fingerprint density at radius 3 is 2.45 bits per heavy atom. The van der Waals surface area contributed by atoms with Crippen LogP contribution in [-0.4, -0.2) is 86.6 Å². The molecule has 0 radical (unpaired) electrons. The van der Waals surface area contributed by atoms with Gasteiger partial charge in [0, 0.05) is 32.7 Å². The Hall–Kier alpha value is -0.650. The molecule has 2 aliphatic heterocycles. The maximum Gasteiger partial charge on any atom is 0.239 e. The molecular formula is C15H30N4O. The molecule has 5 heteroatoms. The monoisotopic (exact) mass is 282 g/mol. The quantitative estimate of drug-likeness (QED) is 0.793. The van der Waals surface area contributed by atoms with Crippen LogP contribution in [0.5, 0.6) is 0 Å². The summed E-state index contributed by atoms with van der Waals surface area (Å²) in [4.78, 5) is 19.1. The van der Waals surface area contributed by atoms with Crippen molar-refractivity contribution in [2.45, 2.75) is 25.8 Å². The zero-order valence-electron chi connectivity index (χ0n) is 13.3. The van der Waals surface area contributed by atoms with Gasteiger partial charge in [-0.05, 0) is 52.9 Å². The predicted octanol–water partition coefficient (Wildman–Crippen LogP) is 0.0803. The number of piperazine rings is 1. The lowest BCUT2D eigenvalue weighted by atomic mass is 9.96. The highest BCUT2D eigenvalue weighted by molar-refractivity contribution is 5.81. The van der Waals surface area contributed by atoms with Crippen molar-refractivity contribution in [3.05, 3.63) is 0 Å². The number of hydrogen-bond donors (Lipinski definition) is 1. The van der Waals surface area contributed by atoms with Crippen LogP contribution in [0.3, 0.4) is 0 Å². The average molecular weight is 282 g/mol. The maximum absolute atomic E-state index is 12.5. The van der Waals surface area contributed by atoms with Gasteiger partial charge in [-0.15, -0.1) is 0 Å². The molecule has 116 valence electrons. The molecule has 1 atom stereocenters. The summed E-state index contributed by atoms with van der Waals surface area (Å²) in [5.74, 6) is 1.04. The van der Waals surface area contributed by atoms with E-state index < -0.39 is 0 Å². The summed E-state index contributed by atoms with van der Waals surface area (Å²) >= 11 is 0. The van der Waals surface area contributed by atoms with Crippen molar-refractivity contribution in [2.24, 2.45) is 5.92 Å². The first-order valence-electron chi connectivity index (χ1n) is 7.96. The molecule has 2 aliphatic rings. The second-order valence-corrected chi connectivity index (χ2v) is 6.44.